The molecule has 0 saturated carbocycles. The molecule has 0 bridgehead atoms. The zero-order chi connectivity index (χ0) is 13.1. The molecule has 0 spiro atoms. The predicted octanol–water partition coefficient (Wildman–Crippen LogP) is 2.78. The molecule has 0 fully saturated rings. The summed E-state index contributed by atoms with van der Waals surface area (Å²) in [5.74, 6) is 0.966. The van der Waals surface area contributed by atoms with Crippen LogP contribution in [0.4, 0.5) is 0 Å². The molecule has 0 heterocycles. The van der Waals surface area contributed by atoms with Crippen LogP contribution in [0.2, 0.25) is 0 Å². The van der Waals surface area contributed by atoms with Gasteiger partial charge < -0.3 is 14.8 Å². The van der Waals surface area contributed by atoms with Crippen LogP contribution < -0.4 is 10.1 Å². The SMILES string of the molecule is COCCCNCCCCOc1ccc(C)cc1. The topological polar surface area (TPSA) is 30.5 Å². The monoisotopic (exact) mass is 251 g/mol. The van der Waals surface area contributed by atoms with E-state index < -0.39 is 0 Å². The first kappa shape index (κ1) is 15.0. The first-order chi connectivity index (χ1) is 8.83. The van der Waals surface area contributed by atoms with Gasteiger partial charge in [-0.3, -0.25) is 0 Å². The van der Waals surface area contributed by atoms with E-state index in [-0.39, 0.29) is 0 Å². The van der Waals surface area contributed by atoms with Crippen molar-refractivity contribution in [2.45, 2.75) is 26.2 Å². The van der Waals surface area contributed by atoms with E-state index in [9.17, 15) is 0 Å². The van der Waals surface area contributed by atoms with Crippen molar-refractivity contribution in [2.75, 3.05) is 33.4 Å². The zero-order valence-corrected chi connectivity index (χ0v) is 11.6. The molecule has 18 heavy (non-hydrogen) atoms. The molecule has 3 nitrogen and oxygen atoms in total. The average molecular weight is 251 g/mol. The van der Waals surface area contributed by atoms with Crippen molar-refractivity contribution >= 4 is 0 Å². The van der Waals surface area contributed by atoms with E-state index in [0.717, 1.165) is 51.3 Å². The van der Waals surface area contributed by atoms with Crippen LogP contribution in [0.1, 0.15) is 24.8 Å². The molecule has 0 aliphatic carbocycles. The molecule has 3 heteroatoms. The highest BCUT2D eigenvalue weighted by atomic mass is 16.5. The van der Waals surface area contributed by atoms with Gasteiger partial charge in [0.2, 0.25) is 0 Å². The van der Waals surface area contributed by atoms with Crippen molar-refractivity contribution in [3.05, 3.63) is 29.8 Å². The lowest BCUT2D eigenvalue weighted by Gasteiger charge is -2.07. The second-order valence-corrected chi connectivity index (χ2v) is 4.46. The normalized spacial score (nSPS) is 10.6. The van der Waals surface area contributed by atoms with Crippen molar-refractivity contribution < 1.29 is 9.47 Å². The number of methoxy groups -OCH3 is 1. The second-order valence-electron chi connectivity index (χ2n) is 4.46. The lowest BCUT2D eigenvalue weighted by Crippen LogP contribution is -2.18. The molecule has 0 saturated heterocycles. The van der Waals surface area contributed by atoms with Gasteiger partial charge in [-0.15, -0.1) is 0 Å². The summed E-state index contributed by atoms with van der Waals surface area (Å²) in [7, 11) is 1.74. The maximum atomic E-state index is 5.66. The van der Waals surface area contributed by atoms with Gasteiger partial charge in [-0.25, -0.2) is 0 Å². The van der Waals surface area contributed by atoms with Gasteiger partial charge in [-0.2, -0.15) is 0 Å². The molecule has 0 unspecified atom stereocenters. The van der Waals surface area contributed by atoms with Crippen LogP contribution in [-0.2, 0) is 4.74 Å². The Hall–Kier alpha value is -1.06. The first-order valence-corrected chi connectivity index (χ1v) is 6.72. The van der Waals surface area contributed by atoms with Gasteiger partial charge >= 0.3 is 0 Å². The third-order valence-electron chi connectivity index (χ3n) is 2.74. The summed E-state index contributed by atoms with van der Waals surface area (Å²) < 4.78 is 10.6. The molecule has 0 atom stereocenters. The van der Waals surface area contributed by atoms with Crippen LogP contribution in [-0.4, -0.2) is 33.4 Å². The minimum atomic E-state index is 0.794. The van der Waals surface area contributed by atoms with Gasteiger partial charge in [0.05, 0.1) is 6.61 Å². The number of ether oxygens (including phenoxy) is 2. The van der Waals surface area contributed by atoms with E-state index in [1.54, 1.807) is 7.11 Å². The Morgan fingerprint density at radius 3 is 2.39 bits per heavy atom. The summed E-state index contributed by atoms with van der Waals surface area (Å²) in [5, 5.41) is 3.39. The maximum Gasteiger partial charge on any atom is 0.119 e. The Bertz CT molecular complexity index is 298. The number of benzene rings is 1. The van der Waals surface area contributed by atoms with Crippen LogP contribution in [0.25, 0.3) is 0 Å². The van der Waals surface area contributed by atoms with Gasteiger partial charge in [0.25, 0.3) is 0 Å². The van der Waals surface area contributed by atoms with Crippen molar-refractivity contribution in [3.8, 4) is 5.75 Å². The molecule has 0 aliphatic rings. The van der Waals surface area contributed by atoms with Crippen molar-refractivity contribution in [1.29, 1.82) is 0 Å². The van der Waals surface area contributed by atoms with E-state index in [2.05, 4.69) is 24.4 Å². The van der Waals surface area contributed by atoms with Crippen LogP contribution in [0.3, 0.4) is 0 Å². The van der Waals surface area contributed by atoms with E-state index in [4.69, 9.17) is 9.47 Å². The second kappa shape index (κ2) is 9.92. The number of aryl methyl sites for hydroxylation is 1. The number of hydrogen-bond acceptors (Lipinski definition) is 3. The summed E-state index contributed by atoms with van der Waals surface area (Å²) in [6.45, 7) is 5.80. The molecular formula is C15H25NO2. The minimum Gasteiger partial charge on any atom is -0.494 e. The Kier molecular flexibility index (Phi) is 8.26. The largest absolute Gasteiger partial charge is 0.494 e. The number of unbranched alkanes of at least 4 members (excludes halogenated alkanes) is 1. The smallest absolute Gasteiger partial charge is 0.119 e. The summed E-state index contributed by atoms with van der Waals surface area (Å²) in [4.78, 5) is 0. The van der Waals surface area contributed by atoms with Crippen LogP contribution in [0.15, 0.2) is 24.3 Å². The molecule has 0 amide bonds. The fourth-order valence-electron chi connectivity index (χ4n) is 1.64. The van der Waals surface area contributed by atoms with Gasteiger partial charge in [-0.05, 0) is 51.4 Å². The molecular weight excluding hydrogens is 226 g/mol. The van der Waals surface area contributed by atoms with Crippen molar-refractivity contribution in [2.24, 2.45) is 0 Å². The molecule has 0 aliphatic heterocycles. The Labute approximate surface area is 110 Å². The van der Waals surface area contributed by atoms with Gasteiger partial charge in [0.15, 0.2) is 0 Å². The molecule has 0 radical (unpaired) electrons. The molecule has 1 rings (SSSR count). The number of nitrogens with one attached hydrogen (secondary N) is 1. The Balaban J connectivity index is 1.91. The van der Waals surface area contributed by atoms with E-state index in [1.807, 2.05) is 12.1 Å². The lowest BCUT2D eigenvalue weighted by molar-refractivity contribution is 0.194. The van der Waals surface area contributed by atoms with Crippen molar-refractivity contribution in [1.82, 2.24) is 5.32 Å². The number of rotatable bonds is 10. The fraction of sp³-hybridized carbons (Fsp3) is 0.600. The van der Waals surface area contributed by atoms with Gasteiger partial charge in [0, 0.05) is 13.7 Å². The molecule has 1 aromatic rings. The minimum absolute atomic E-state index is 0.794. The van der Waals surface area contributed by atoms with Crippen LogP contribution >= 0.6 is 0 Å². The van der Waals surface area contributed by atoms with Crippen molar-refractivity contribution in [3.63, 3.8) is 0 Å². The average Bonchev–Trinajstić information content (AvgIpc) is 2.39. The van der Waals surface area contributed by atoms with Crippen LogP contribution in [0, 0.1) is 6.92 Å². The third kappa shape index (κ3) is 7.30. The Morgan fingerprint density at radius 2 is 1.67 bits per heavy atom. The molecule has 1 N–H and O–H groups in total. The first-order valence-electron chi connectivity index (χ1n) is 6.72. The highest BCUT2D eigenvalue weighted by molar-refractivity contribution is 5.26. The fourth-order valence-corrected chi connectivity index (χ4v) is 1.64. The summed E-state index contributed by atoms with van der Waals surface area (Å²) in [5.41, 5.74) is 1.27. The molecule has 1 aromatic carbocycles. The Morgan fingerprint density at radius 1 is 0.944 bits per heavy atom. The highest BCUT2D eigenvalue weighted by Gasteiger charge is 1.93. The lowest BCUT2D eigenvalue weighted by atomic mass is 10.2. The van der Waals surface area contributed by atoms with Gasteiger partial charge in [-0.1, -0.05) is 17.7 Å². The summed E-state index contributed by atoms with van der Waals surface area (Å²) >= 11 is 0. The van der Waals surface area contributed by atoms with Gasteiger partial charge in [0.1, 0.15) is 5.75 Å². The quantitative estimate of drug-likeness (QED) is 0.649. The molecule has 0 aromatic heterocycles. The van der Waals surface area contributed by atoms with E-state index >= 15 is 0 Å². The standard InChI is InChI=1S/C15H25NO2/c1-14-6-8-15(9-7-14)18-13-4-3-10-16-11-5-12-17-2/h6-9,16H,3-5,10-13H2,1-2H3. The van der Waals surface area contributed by atoms with Crippen LogP contribution in [0.5, 0.6) is 5.75 Å². The summed E-state index contributed by atoms with van der Waals surface area (Å²) in [6, 6.07) is 8.20. The third-order valence-corrected chi connectivity index (χ3v) is 2.74. The zero-order valence-electron chi connectivity index (χ0n) is 11.6. The summed E-state index contributed by atoms with van der Waals surface area (Å²) in [6.07, 6.45) is 3.32. The molecule has 102 valence electrons. The maximum absolute atomic E-state index is 5.66. The van der Waals surface area contributed by atoms with E-state index in [1.165, 1.54) is 5.56 Å². The predicted molar refractivity (Wildman–Crippen MR) is 75.3 cm³/mol. The highest BCUT2D eigenvalue weighted by Crippen LogP contribution is 2.11. The van der Waals surface area contributed by atoms with E-state index in [0.29, 0.717) is 0 Å². The number of hydrogen-bond donors (Lipinski definition) is 1.